The van der Waals surface area contributed by atoms with Gasteiger partial charge in [0.1, 0.15) is 29.8 Å². The fourth-order valence-electron chi connectivity index (χ4n) is 3.42. The Bertz CT molecular complexity index is 1230. The molecule has 1 aromatic heterocycles. The van der Waals surface area contributed by atoms with Crippen molar-refractivity contribution in [2.24, 2.45) is 4.36 Å². The lowest BCUT2D eigenvalue weighted by Gasteiger charge is -2.17. The molecular weight excluding hydrogens is 419 g/mol. The van der Waals surface area contributed by atoms with Crippen LogP contribution < -0.4 is 10.1 Å². The van der Waals surface area contributed by atoms with E-state index in [4.69, 9.17) is 9.47 Å². The van der Waals surface area contributed by atoms with E-state index in [2.05, 4.69) is 19.6 Å². The Morgan fingerprint density at radius 2 is 2.16 bits per heavy atom. The molecule has 0 spiro atoms. The molecule has 2 atom stereocenters. The van der Waals surface area contributed by atoms with Gasteiger partial charge >= 0.3 is 0 Å². The van der Waals surface area contributed by atoms with Gasteiger partial charge in [-0.3, -0.25) is 0 Å². The molecule has 31 heavy (non-hydrogen) atoms. The summed E-state index contributed by atoms with van der Waals surface area (Å²) in [4.78, 5) is 8.76. The van der Waals surface area contributed by atoms with Crippen LogP contribution in [0, 0.1) is 12.7 Å². The first kappa shape index (κ1) is 21.5. The van der Waals surface area contributed by atoms with Crippen molar-refractivity contribution in [2.45, 2.75) is 26.4 Å². The van der Waals surface area contributed by atoms with Gasteiger partial charge in [0, 0.05) is 39.6 Å². The SMILES string of the molecule is CCS(C)(=O)=Nc1cc(C)c2c(Nc3ccc(F)cc3O[C@H]3CCOC3)ncnc2c1. The standard InChI is InChI=1S/C22H25FN4O3S/c1-4-31(3,28)27-16-9-14(2)21-19(11-16)24-13-25-22(21)26-18-6-5-15(23)10-20(18)30-17-7-8-29-12-17/h5-6,9-11,13,17H,4,7-8,12H2,1-3H3,(H,24,25,26)/t17-,31?/m0/s1. The molecule has 1 aliphatic rings. The van der Waals surface area contributed by atoms with Gasteiger partial charge in [-0.15, -0.1) is 0 Å². The molecule has 0 radical (unpaired) electrons. The van der Waals surface area contributed by atoms with Crippen LogP contribution in [0.1, 0.15) is 18.9 Å². The number of benzene rings is 2. The monoisotopic (exact) mass is 444 g/mol. The molecule has 2 heterocycles. The smallest absolute Gasteiger partial charge is 0.146 e. The average Bonchev–Trinajstić information content (AvgIpc) is 3.22. The molecule has 0 aliphatic carbocycles. The number of rotatable bonds is 6. The van der Waals surface area contributed by atoms with Crippen LogP contribution in [0.4, 0.5) is 21.6 Å². The quantitative estimate of drug-likeness (QED) is 0.591. The zero-order chi connectivity index (χ0) is 22.0. The summed E-state index contributed by atoms with van der Waals surface area (Å²) < 4.78 is 42.0. The molecule has 1 fully saturated rings. The van der Waals surface area contributed by atoms with Gasteiger partial charge in [-0.1, -0.05) is 6.92 Å². The number of aryl methyl sites for hydroxylation is 1. The summed E-state index contributed by atoms with van der Waals surface area (Å²) in [6.07, 6.45) is 3.74. The summed E-state index contributed by atoms with van der Waals surface area (Å²) in [5, 5.41) is 4.07. The summed E-state index contributed by atoms with van der Waals surface area (Å²) in [7, 11) is -2.28. The molecular formula is C22H25FN4O3S. The summed E-state index contributed by atoms with van der Waals surface area (Å²) in [5.41, 5.74) is 2.79. The van der Waals surface area contributed by atoms with Crippen molar-refractivity contribution in [3.05, 3.63) is 48.0 Å². The summed E-state index contributed by atoms with van der Waals surface area (Å²) in [5.74, 6) is 1.06. The molecule has 3 aromatic rings. The third kappa shape index (κ3) is 4.94. The maximum Gasteiger partial charge on any atom is 0.146 e. The molecule has 9 heteroatoms. The number of nitrogens with one attached hydrogen (secondary N) is 1. The largest absolute Gasteiger partial charge is 0.486 e. The summed E-state index contributed by atoms with van der Waals surface area (Å²) >= 11 is 0. The number of hydrogen-bond donors (Lipinski definition) is 1. The highest BCUT2D eigenvalue weighted by molar-refractivity contribution is 7.93. The molecule has 1 N–H and O–H groups in total. The molecule has 1 saturated heterocycles. The van der Waals surface area contributed by atoms with Crippen LogP contribution >= 0.6 is 0 Å². The minimum absolute atomic E-state index is 0.113. The van der Waals surface area contributed by atoms with Gasteiger partial charge in [-0.25, -0.2) is 18.6 Å². The fourth-order valence-corrected chi connectivity index (χ4v) is 4.10. The fraction of sp³-hybridized carbons (Fsp3) is 0.364. The van der Waals surface area contributed by atoms with Gasteiger partial charge in [-0.2, -0.15) is 4.36 Å². The maximum atomic E-state index is 13.9. The van der Waals surface area contributed by atoms with Crippen molar-refractivity contribution in [1.82, 2.24) is 9.97 Å². The third-order valence-electron chi connectivity index (χ3n) is 5.13. The van der Waals surface area contributed by atoms with Crippen LogP contribution in [0.2, 0.25) is 0 Å². The molecule has 4 rings (SSSR count). The number of aromatic nitrogens is 2. The molecule has 7 nitrogen and oxygen atoms in total. The van der Waals surface area contributed by atoms with Crippen LogP contribution in [0.5, 0.6) is 5.75 Å². The Labute approximate surface area is 181 Å². The molecule has 0 bridgehead atoms. The van der Waals surface area contributed by atoms with Crippen molar-refractivity contribution in [2.75, 3.05) is 30.5 Å². The Morgan fingerprint density at radius 1 is 1.32 bits per heavy atom. The Kier molecular flexibility index (Phi) is 6.06. The zero-order valence-electron chi connectivity index (χ0n) is 17.7. The zero-order valence-corrected chi connectivity index (χ0v) is 18.5. The minimum atomic E-state index is -2.28. The topological polar surface area (TPSA) is 85.7 Å². The lowest BCUT2D eigenvalue weighted by atomic mass is 10.1. The van der Waals surface area contributed by atoms with Gasteiger partial charge in [0.2, 0.25) is 0 Å². The summed E-state index contributed by atoms with van der Waals surface area (Å²) in [6.45, 7) is 4.89. The van der Waals surface area contributed by atoms with Crippen molar-refractivity contribution < 1.29 is 18.1 Å². The van der Waals surface area contributed by atoms with Crippen LogP contribution in [-0.4, -0.2) is 45.5 Å². The minimum Gasteiger partial charge on any atom is -0.486 e. The van der Waals surface area contributed by atoms with E-state index in [1.54, 1.807) is 18.4 Å². The van der Waals surface area contributed by atoms with E-state index >= 15 is 0 Å². The van der Waals surface area contributed by atoms with Crippen molar-refractivity contribution in [3.63, 3.8) is 0 Å². The van der Waals surface area contributed by atoms with E-state index in [1.165, 1.54) is 18.5 Å². The van der Waals surface area contributed by atoms with Gasteiger partial charge in [-0.05, 0) is 36.8 Å². The summed E-state index contributed by atoms with van der Waals surface area (Å²) in [6, 6.07) is 8.02. The normalized spacial score (nSPS) is 18.0. The predicted molar refractivity (Wildman–Crippen MR) is 121 cm³/mol. The highest BCUT2D eigenvalue weighted by atomic mass is 32.2. The first-order valence-corrected chi connectivity index (χ1v) is 12.2. The van der Waals surface area contributed by atoms with E-state index in [1.807, 2.05) is 19.9 Å². The first-order valence-electron chi connectivity index (χ1n) is 10.1. The van der Waals surface area contributed by atoms with Crippen molar-refractivity contribution >= 4 is 37.8 Å². The third-order valence-corrected chi connectivity index (χ3v) is 6.80. The maximum absolute atomic E-state index is 13.9. The number of nitrogens with zero attached hydrogens (tertiary/aromatic N) is 3. The number of halogens is 1. The lowest BCUT2D eigenvalue weighted by Crippen LogP contribution is -2.16. The van der Waals surface area contributed by atoms with Gasteiger partial charge in [0.15, 0.2) is 0 Å². The second-order valence-electron chi connectivity index (χ2n) is 7.59. The number of fused-ring (bicyclic) bond motifs is 1. The molecule has 2 aromatic carbocycles. The van der Waals surface area contributed by atoms with Crippen LogP contribution in [0.15, 0.2) is 41.0 Å². The van der Waals surface area contributed by atoms with Gasteiger partial charge in [0.25, 0.3) is 0 Å². The van der Waals surface area contributed by atoms with E-state index in [-0.39, 0.29) is 11.9 Å². The van der Waals surface area contributed by atoms with E-state index in [0.29, 0.717) is 47.4 Å². The molecule has 1 unspecified atom stereocenters. The van der Waals surface area contributed by atoms with Crippen molar-refractivity contribution in [3.8, 4) is 5.75 Å². The molecule has 0 saturated carbocycles. The number of ether oxygens (including phenoxy) is 2. The average molecular weight is 445 g/mol. The van der Waals surface area contributed by atoms with E-state index < -0.39 is 9.73 Å². The lowest BCUT2D eigenvalue weighted by molar-refractivity contribution is 0.141. The highest BCUT2D eigenvalue weighted by Gasteiger charge is 2.20. The van der Waals surface area contributed by atoms with E-state index in [9.17, 15) is 8.60 Å². The van der Waals surface area contributed by atoms with Crippen LogP contribution in [0.25, 0.3) is 10.9 Å². The van der Waals surface area contributed by atoms with Crippen LogP contribution in [-0.2, 0) is 14.5 Å². The molecule has 0 amide bonds. The van der Waals surface area contributed by atoms with Crippen molar-refractivity contribution in [1.29, 1.82) is 0 Å². The molecule has 1 aliphatic heterocycles. The predicted octanol–water partition coefficient (Wildman–Crippen LogP) is 4.74. The highest BCUT2D eigenvalue weighted by Crippen LogP contribution is 2.34. The number of hydrogen-bond acceptors (Lipinski definition) is 7. The number of anilines is 2. The van der Waals surface area contributed by atoms with Gasteiger partial charge < -0.3 is 14.8 Å². The molecule has 164 valence electrons. The second kappa shape index (κ2) is 8.76. The van der Waals surface area contributed by atoms with Crippen LogP contribution in [0.3, 0.4) is 0 Å². The Hall–Kier alpha value is -2.78. The van der Waals surface area contributed by atoms with Gasteiger partial charge in [0.05, 0.1) is 30.1 Å². The Balaban J connectivity index is 1.73. The second-order valence-corrected chi connectivity index (χ2v) is 10.3. The Morgan fingerprint density at radius 3 is 2.90 bits per heavy atom. The van der Waals surface area contributed by atoms with E-state index in [0.717, 1.165) is 17.4 Å². The first-order chi connectivity index (χ1) is 14.8.